The SMILES string of the molecule is CC(C)c1ccc(C(=O)CC2CCC(=O)CC2)cc1. The van der Waals surface area contributed by atoms with Gasteiger partial charge < -0.3 is 0 Å². The second kappa shape index (κ2) is 6.14. The summed E-state index contributed by atoms with van der Waals surface area (Å²) in [5.41, 5.74) is 2.07. The van der Waals surface area contributed by atoms with Crippen LogP contribution in [-0.2, 0) is 4.79 Å². The molecular formula is C17H22O2. The van der Waals surface area contributed by atoms with Crippen molar-refractivity contribution >= 4 is 11.6 Å². The zero-order chi connectivity index (χ0) is 13.8. The molecule has 0 N–H and O–H groups in total. The summed E-state index contributed by atoms with van der Waals surface area (Å²) in [6, 6.07) is 7.96. The highest BCUT2D eigenvalue weighted by Crippen LogP contribution is 2.26. The fourth-order valence-corrected chi connectivity index (χ4v) is 2.64. The smallest absolute Gasteiger partial charge is 0.163 e. The summed E-state index contributed by atoms with van der Waals surface area (Å²) < 4.78 is 0. The zero-order valence-corrected chi connectivity index (χ0v) is 11.8. The normalized spacial score (nSPS) is 16.9. The number of hydrogen-bond acceptors (Lipinski definition) is 2. The Kier molecular flexibility index (Phi) is 4.52. The molecule has 0 aromatic heterocycles. The first-order chi connectivity index (χ1) is 9.06. The Balaban J connectivity index is 1.94. The summed E-state index contributed by atoms with van der Waals surface area (Å²) in [5.74, 6) is 1.46. The molecule has 0 heterocycles. The fraction of sp³-hybridized carbons (Fsp3) is 0.529. The topological polar surface area (TPSA) is 34.1 Å². The van der Waals surface area contributed by atoms with Gasteiger partial charge in [-0.05, 0) is 30.2 Å². The third-order valence-electron chi connectivity index (χ3n) is 4.04. The molecule has 0 spiro atoms. The predicted octanol–water partition coefficient (Wildman–Crippen LogP) is 4.14. The third-order valence-corrected chi connectivity index (χ3v) is 4.04. The van der Waals surface area contributed by atoms with Crippen molar-refractivity contribution in [3.05, 3.63) is 35.4 Å². The van der Waals surface area contributed by atoms with Gasteiger partial charge in [0.1, 0.15) is 5.78 Å². The lowest BCUT2D eigenvalue weighted by molar-refractivity contribution is -0.121. The first-order valence-corrected chi connectivity index (χ1v) is 7.21. The minimum Gasteiger partial charge on any atom is -0.300 e. The average molecular weight is 258 g/mol. The third kappa shape index (κ3) is 3.76. The molecule has 0 amide bonds. The van der Waals surface area contributed by atoms with Crippen molar-refractivity contribution < 1.29 is 9.59 Å². The van der Waals surface area contributed by atoms with Crippen LogP contribution < -0.4 is 0 Å². The Morgan fingerprint density at radius 2 is 1.74 bits per heavy atom. The van der Waals surface area contributed by atoms with Gasteiger partial charge in [0.05, 0.1) is 0 Å². The summed E-state index contributed by atoms with van der Waals surface area (Å²) in [6.07, 6.45) is 3.67. The molecule has 1 aliphatic carbocycles. The van der Waals surface area contributed by atoms with Crippen molar-refractivity contribution in [3.8, 4) is 0 Å². The van der Waals surface area contributed by atoms with E-state index in [1.807, 2.05) is 24.3 Å². The number of rotatable bonds is 4. The lowest BCUT2D eigenvalue weighted by Gasteiger charge is -2.20. The van der Waals surface area contributed by atoms with Gasteiger partial charge in [-0.2, -0.15) is 0 Å². The zero-order valence-electron chi connectivity index (χ0n) is 11.8. The van der Waals surface area contributed by atoms with Crippen molar-refractivity contribution in [2.75, 3.05) is 0 Å². The van der Waals surface area contributed by atoms with Crippen LogP contribution in [0.25, 0.3) is 0 Å². The summed E-state index contributed by atoms with van der Waals surface area (Å²) in [6.45, 7) is 4.30. The van der Waals surface area contributed by atoms with Crippen LogP contribution in [0, 0.1) is 5.92 Å². The van der Waals surface area contributed by atoms with E-state index in [2.05, 4.69) is 13.8 Å². The molecule has 1 fully saturated rings. The molecule has 0 bridgehead atoms. The number of carbonyl (C=O) groups is 2. The van der Waals surface area contributed by atoms with Gasteiger partial charge in [-0.15, -0.1) is 0 Å². The van der Waals surface area contributed by atoms with Crippen LogP contribution in [0.3, 0.4) is 0 Å². The lowest BCUT2D eigenvalue weighted by Crippen LogP contribution is -2.17. The van der Waals surface area contributed by atoms with Crippen LogP contribution in [0.1, 0.15) is 67.8 Å². The highest BCUT2D eigenvalue weighted by Gasteiger charge is 2.21. The molecule has 102 valence electrons. The largest absolute Gasteiger partial charge is 0.300 e. The summed E-state index contributed by atoms with van der Waals surface area (Å²) in [4.78, 5) is 23.4. The Labute approximate surface area is 115 Å². The second-order valence-corrected chi connectivity index (χ2v) is 5.89. The molecular weight excluding hydrogens is 236 g/mol. The van der Waals surface area contributed by atoms with Gasteiger partial charge in [0.15, 0.2) is 5.78 Å². The van der Waals surface area contributed by atoms with Gasteiger partial charge in [0.25, 0.3) is 0 Å². The molecule has 0 atom stereocenters. The van der Waals surface area contributed by atoms with Crippen molar-refractivity contribution in [3.63, 3.8) is 0 Å². The van der Waals surface area contributed by atoms with Crippen molar-refractivity contribution in [2.24, 2.45) is 5.92 Å². The minimum atomic E-state index is 0.217. The monoisotopic (exact) mass is 258 g/mol. The van der Waals surface area contributed by atoms with Crippen LogP contribution in [0.5, 0.6) is 0 Å². The van der Waals surface area contributed by atoms with Gasteiger partial charge in [-0.1, -0.05) is 38.1 Å². The molecule has 0 unspecified atom stereocenters. The van der Waals surface area contributed by atoms with Gasteiger partial charge in [-0.25, -0.2) is 0 Å². The Morgan fingerprint density at radius 3 is 2.26 bits per heavy atom. The van der Waals surface area contributed by atoms with E-state index in [0.29, 0.717) is 36.9 Å². The quantitative estimate of drug-likeness (QED) is 0.760. The van der Waals surface area contributed by atoms with Gasteiger partial charge in [-0.3, -0.25) is 9.59 Å². The molecule has 1 saturated carbocycles. The van der Waals surface area contributed by atoms with E-state index in [4.69, 9.17) is 0 Å². The van der Waals surface area contributed by atoms with E-state index >= 15 is 0 Å². The van der Waals surface area contributed by atoms with Crippen LogP contribution in [0.2, 0.25) is 0 Å². The van der Waals surface area contributed by atoms with Crippen LogP contribution in [0.4, 0.5) is 0 Å². The summed E-state index contributed by atoms with van der Waals surface area (Å²) in [7, 11) is 0. The molecule has 2 rings (SSSR count). The molecule has 2 nitrogen and oxygen atoms in total. The molecule has 19 heavy (non-hydrogen) atoms. The maximum Gasteiger partial charge on any atom is 0.163 e. The predicted molar refractivity (Wildman–Crippen MR) is 76.4 cm³/mol. The van der Waals surface area contributed by atoms with Gasteiger partial charge >= 0.3 is 0 Å². The molecule has 0 aliphatic heterocycles. The Hall–Kier alpha value is -1.44. The van der Waals surface area contributed by atoms with E-state index in [1.165, 1.54) is 5.56 Å². The van der Waals surface area contributed by atoms with Crippen LogP contribution in [0.15, 0.2) is 24.3 Å². The Bertz CT molecular complexity index is 447. The van der Waals surface area contributed by atoms with Crippen LogP contribution >= 0.6 is 0 Å². The maximum absolute atomic E-state index is 12.2. The first kappa shape index (κ1) is 14.0. The number of benzene rings is 1. The van der Waals surface area contributed by atoms with E-state index in [9.17, 15) is 9.59 Å². The standard InChI is InChI=1S/C17H22O2/c1-12(2)14-5-7-15(8-6-14)17(19)11-13-3-9-16(18)10-4-13/h5-8,12-13H,3-4,9-11H2,1-2H3. The molecule has 1 aromatic rings. The van der Waals surface area contributed by atoms with Crippen LogP contribution in [-0.4, -0.2) is 11.6 Å². The molecule has 2 heteroatoms. The van der Waals surface area contributed by atoms with E-state index < -0.39 is 0 Å². The Morgan fingerprint density at radius 1 is 1.16 bits per heavy atom. The fourth-order valence-electron chi connectivity index (χ4n) is 2.64. The summed E-state index contributed by atoms with van der Waals surface area (Å²) >= 11 is 0. The lowest BCUT2D eigenvalue weighted by atomic mass is 9.84. The van der Waals surface area contributed by atoms with E-state index in [-0.39, 0.29) is 5.78 Å². The number of ketones is 2. The highest BCUT2D eigenvalue weighted by molar-refractivity contribution is 5.96. The van der Waals surface area contributed by atoms with Gasteiger partial charge in [0.2, 0.25) is 0 Å². The number of Topliss-reactive ketones (excluding diaryl/α,β-unsaturated/α-hetero) is 2. The molecule has 1 aromatic carbocycles. The first-order valence-electron chi connectivity index (χ1n) is 7.21. The highest BCUT2D eigenvalue weighted by atomic mass is 16.1. The van der Waals surface area contributed by atoms with Crippen molar-refractivity contribution in [1.82, 2.24) is 0 Å². The number of hydrogen-bond donors (Lipinski definition) is 0. The van der Waals surface area contributed by atoms with Gasteiger partial charge in [0, 0.05) is 24.8 Å². The minimum absolute atomic E-state index is 0.217. The van der Waals surface area contributed by atoms with Crippen molar-refractivity contribution in [2.45, 2.75) is 51.9 Å². The second-order valence-electron chi connectivity index (χ2n) is 5.89. The average Bonchev–Trinajstić information content (AvgIpc) is 2.41. The maximum atomic E-state index is 12.2. The molecule has 1 aliphatic rings. The van der Waals surface area contributed by atoms with E-state index in [1.54, 1.807) is 0 Å². The summed E-state index contributed by atoms with van der Waals surface area (Å²) in [5, 5.41) is 0. The van der Waals surface area contributed by atoms with E-state index in [0.717, 1.165) is 18.4 Å². The number of carbonyl (C=O) groups excluding carboxylic acids is 2. The van der Waals surface area contributed by atoms with Crippen molar-refractivity contribution in [1.29, 1.82) is 0 Å². The molecule has 0 saturated heterocycles. The molecule has 0 radical (unpaired) electrons.